The first-order valence-corrected chi connectivity index (χ1v) is 14.1. The molecule has 200 valence electrons. The van der Waals surface area contributed by atoms with Gasteiger partial charge in [0.05, 0.1) is 35.1 Å². The van der Waals surface area contributed by atoms with Gasteiger partial charge in [-0.15, -0.1) is 11.3 Å². The number of carbonyl (C=O) groups is 2. The fourth-order valence-electron chi connectivity index (χ4n) is 5.12. The minimum absolute atomic E-state index is 0.00933. The predicted octanol–water partition coefficient (Wildman–Crippen LogP) is 4.61. The molecule has 0 spiro atoms. The van der Waals surface area contributed by atoms with Gasteiger partial charge in [-0.05, 0) is 37.1 Å². The number of benzene rings is 1. The molecule has 4 aromatic rings. The molecule has 6 rings (SSSR count). The van der Waals surface area contributed by atoms with E-state index >= 15 is 0 Å². The molecule has 39 heavy (non-hydrogen) atoms. The first-order chi connectivity index (χ1) is 19.1. The van der Waals surface area contributed by atoms with Gasteiger partial charge in [0.15, 0.2) is 17.4 Å². The zero-order valence-corrected chi connectivity index (χ0v) is 22.7. The molecular weight excluding hydrogens is 512 g/mol. The molecule has 1 amide bonds. The predicted molar refractivity (Wildman–Crippen MR) is 154 cm³/mol. The minimum atomic E-state index is -0.00933. The molecule has 0 radical (unpaired) electrons. The molecule has 10 heteroatoms. The molecule has 1 aromatic carbocycles. The van der Waals surface area contributed by atoms with E-state index in [4.69, 9.17) is 14.7 Å². The van der Waals surface area contributed by atoms with Crippen molar-refractivity contribution in [3.8, 4) is 11.4 Å². The van der Waals surface area contributed by atoms with Crippen molar-refractivity contribution in [2.45, 2.75) is 26.2 Å². The van der Waals surface area contributed by atoms with Crippen molar-refractivity contribution in [3.05, 3.63) is 53.6 Å². The highest BCUT2D eigenvalue weighted by atomic mass is 32.1. The fraction of sp³-hybridized carbons (Fsp3) is 0.345. The average Bonchev–Trinajstić information content (AvgIpc) is 3.63. The molecule has 0 saturated carbocycles. The first-order valence-electron chi connectivity index (χ1n) is 13.3. The number of amides is 1. The van der Waals surface area contributed by atoms with Gasteiger partial charge in [-0.25, -0.2) is 9.97 Å². The van der Waals surface area contributed by atoms with Crippen molar-refractivity contribution in [2.75, 3.05) is 44.3 Å². The number of allylic oxidation sites excluding steroid dienone is 2. The van der Waals surface area contributed by atoms with E-state index in [1.165, 1.54) is 11.6 Å². The fourth-order valence-corrected chi connectivity index (χ4v) is 6.31. The second-order valence-corrected chi connectivity index (χ2v) is 10.8. The summed E-state index contributed by atoms with van der Waals surface area (Å²) >= 11 is 1.71. The number of thiophene rings is 1. The lowest BCUT2D eigenvalue weighted by Gasteiger charge is -2.28. The third-order valence-corrected chi connectivity index (χ3v) is 8.40. The molecule has 0 aliphatic carbocycles. The summed E-state index contributed by atoms with van der Waals surface area (Å²) in [6.45, 7) is 5.91. The smallest absolute Gasteiger partial charge is 0.223 e. The van der Waals surface area contributed by atoms with Crippen molar-refractivity contribution in [3.63, 3.8) is 0 Å². The Morgan fingerprint density at radius 3 is 2.82 bits per heavy atom. The third kappa shape index (κ3) is 5.22. The number of morpholine rings is 1. The van der Waals surface area contributed by atoms with E-state index in [0.717, 1.165) is 56.9 Å². The Kier molecular flexibility index (Phi) is 7.21. The first kappa shape index (κ1) is 25.4. The maximum absolute atomic E-state index is 12.6. The van der Waals surface area contributed by atoms with E-state index in [1.807, 2.05) is 29.3 Å². The van der Waals surface area contributed by atoms with Gasteiger partial charge in [0, 0.05) is 54.8 Å². The number of hydrogen-bond donors (Lipinski definition) is 1. The van der Waals surface area contributed by atoms with Gasteiger partial charge in [-0.3, -0.25) is 14.7 Å². The molecular formula is C29H30N6O3S. The molecule has 2 aliphatic heterocycles. The topological polar surface area (TPSA) is 104 Å². The molecule has 9 nitrogen and oxygen atoms in total. The lowest BCUT2D eigenvalue weighted by molar-refractivity contribution is -0.132. The molecule has 1 fully saturated rings. The number of nitrogens with zero attached hydrogens (tertiary/aromatic N) is 5. The molecule has 2 aliphatic rings. The van der Waals surface area contributed by atoms with Gasteiger partial charge in [0.25, 0.3) is 0 Å². The Hall–Kier alpha value is -3.89. The standard InChI is InChI=1S/C29H30N6O3S/c1-2-4-20(36)7-8-26(37)34-11-9-19(10-12-34)25-17-24-27(39-25)29(35-13-15-38-16-14-35)32-28(31-24)21-5-3-6-23-22(21)18-30-33-23/h2-6,9,17-18H,7-8,10-16H2,1H3,(H,30,33)/b4-2+. The van der Waals surface area contributed by atoms with Gasteiger partial charge in [0.1, 0.15) is 0 Å². The largest absolute Gasteiger partial charge is 0.378 e. The van der Waals surface area contributed by atoms with Crippen molar-refractivity contribution in [2.24, 2.45) is 0 Å². The molecule has 0 atom stereocenters. The highest BCUT2D eigenvalue weighted by Crippen LogP contribution is 2.39. The van der Waals surface area contributed by atoms with E-state index in [2.05, 4.69) is 27.2 Å². The number of nitrogens with one attached hydrogen (secondary N) is 1. The van der Waals surface area contributed by atoms with Crippen LogP contribution >= 0.6 is 11.3 Å². The second kappa shape index (κ2) is 11.1. The zero-order valence-electron chi connectivity index (χ0n) is 21.9. The van der Waals surface area contributed by atoms with Gasteiger partial charge in [0.2, 0.25) is 5.91 Å². The Labute approximate surface area is 230 Å². The Morgan fingerprint density at radius 1 is 1.15 bits per heavy atom. The second-order valence-electron chi connectivity index (χ2n) is 9.72. The normalized spacial score (nSPS) is 16.4. The molecule has 1 saturated heterocycles. The third-order valence-electron chi connectivity index (χ3n) is 7.21. The summed E-state index contributed by atoms with van der Waals surface area (Å²) in [7, 11) is 0. The number of anilines is 1. The Balaban J connectivity index is 1.31. The van der Waals surface area contributed by atoms with E-state index in [9.17, 15) is 9.59 Å². The molecule has 3 aromatic heterocycles. The summed E-state index contributed by atoms with van der Waals surface area (Å²) in [4.78, 5) is 39.8. The number of aromatic amines is 1. The average molecular weight is 543 g/mol. The van der Waals surface area contributed by atoms with Crippen LogP contribution in [0.5, 0.6) is 0 Å². The Morgan fingerprint density at radius 2 is 2.03 bits per heavy atom. The van der Waals surface area contributed by atoms with Crippen LogP contribution < -0.4 is 4.90 Å². The summed E-state index contributed by atoms with van der Waals surface area (Å²) in [6.07, 6.45) is 8.46. The number of rotatable bonds is 7. The molecule has 5 heterocycles. The summed E-state index contributed by atoms with van der Waals surface area (Å²) in [5.74, 6) is 1.64. The van der Waals surface area contributed by atoms with Crippen molar-refractivity contribution >= 4 is 55.5 Å². The maximum Gasteiger partial charge on any atom is 0.223 e. The van der Waals surface area contributed by atoms with Crippen molar-refractivity contribution in [1.82, 2.24) is 25.1 Å². The highest BCUT2D eigenvalue weighted by Gasteiger charge is 2.24. The van der Waals surface area contributed by atoms with Gasteiger partial charge < -0.3 is 14.5 Å². The van der Waals surface area contributed by atoms with Crippen molar-refractivity contribution < 1.29 is 14.3 Å². The number of H-pyrrole nitrogens is 1. The minimum Gasteiger partial charge on any atom is -0.378 e. The number of carbonyl (C=O) groups excluding carboxylic acids is 2. The van der Waals surface area contributed by atoms with Crippen molar-refractivity contribution in [1.29, 1.82) is 0 Å². The lowest BCUT2D eigenvalue weighted by atomic mass is 10.1. The maximum atomic E-state index is 12.6. The zero-order chi connectivity index (χ0) is 26.8. The number of aromatic nitrogens is 4. The SMILES string of the molecule is C/C=C/C(=O)CCC(=O)N1CC=C(c2cc3nc(-c4cccc5[nH]ncc45)nc(N4CCOCC4)c3s2)CC1. The van der Waals surface area contributed by atoms with Crippen LogP contribution in [-0.2, 0) is 14.3 Å². The number of hydrogen-bond acceptors (Lipinski definition) is 8. The molecule has 1 N–H and O–H groups in total. The van der Waals surface area contributed by atoms with E-state index in [-0.39, 0.29) is 24.5 Å². The van der Waals surface area contributed by atoms with Crippen LogP contribution in [0.1, 0.15) is 31.1 Å². The van der Waals surface area contributed by atoms with Crippen LogP contribution in [-0.4, -0.2) is 76.1 Å². The van der Waals surface area contributed by atoms with Crippen LogP contribution in [0, 0.1) is 0 Å². The van der Waals surface area contributed by atoms with E-state index < -0.39 is 0 Å². The monoisotopic (exact) mass is 542 g/mol. The summed E-state index contributed by atoms with van der Waals surface area (Å²) < 4.78 is 6.68. The van der Waals surface area contributed by atoms with Gasteiger partial charge in [-0.2, -0.15) is 5.10 Å². The van der Waals surface area contributed by atoms with Crippen LogP contribution in [0.25, 0.3) is 38.1 Å². The lowest BCUT2D eigenvalue weighted by Crippen LogP contribution is -2.36. The van der Waals surface area contributed by atoms with E-state index in [1.54, 1.807) is 24.3 Å². The van der Waals surface area contributed by atoms with Crippen LogP contribution in [0.2, 0.25) is 0 Å². The van der Waals surface area contributed by atoms with Gasteiger partial charge in [-0.1, -0.05) is 24.3 Å². The quantitative estimate of drug-likeness (QED) is 0.340. The Bertz CT molecular complexity index is 1600. The molecule has 0 bridgehead atoms. The van der Waals surface area contributed by atoms with E-state index in [0.29, 0.717) is 32.1 Å². The number of ether oxygens (including phenoxy) is 1. The van der Waals surface area contributed by atoms with Crippen LogP contribution in [0.3, 0.4) is 0 Å². The van der Waals surface area contributed by atoms with Crippen LogP contribution in [0.15, 0.2) is 48.7 Å². The molecule has 0 unspecified atom stereocenters. The summed E-state index contributed by atoms with van der Waals surface area (Å²) in [5.41, 5.74) is 4.04. The van der Waals surface area contributed by atoms with Crippen LogP contribution in [0.4, 0.5) is 5.82 Å². The summed E-state index contributed by atoms with van der Waals surface area (Å²) in [5, 5.41) is 8.24. The summed E-state index contributed by atoms with van der Waals surface area (Å²) in [6, 6.07) is 8.19. The number of ketones is 1. The number of fused-ring (bicyclic) bond motifs is 2. The van der Waals surface area contributed by atoms with Gasteiger partial charge >= 0.3 is 0 Å². The highest BCUT2D eigenvalue weighted by molar-refractivity contribution is 7.20.